The zero-order valence-corrected chi connectivity index (χ0v) is 16.2. The first-order valence-corrected chi connectivity index (χ1v) is 9.40. The molecule has 7 heteroatoms. The summed E-state index contributed by atoms with van der Waals surface area (Å²) in [6.45, 7) is 5.42. The molecule has 0 unspecified atom stereocenters. The summed E-state index contributed by atoms with van der Waals surface area (Å²) in [5.74, 6) is -1.63. The van der Waals surface area contributed by atoms with Gasteiger partial charge in [-0.3, -0.25) is 4.79 Å². The predicted octanol–water partition coefficient (Wildman–Crippen LogP) is 3.42. The predicted molar refractivity (Wildman–Crippen MR) is 99.9 cm³/mol. The number of phenolic OH excluding ortho intramolecular Hbond substituents is 1. The molecule has 1 aromatic rings. The maximum absolute atomic E-state index is 13.6. The minimum absolute atomic E-state index is 0.0211. The van der Waals surface area contributed by atoms with Gasteiger partial charge >= 0.3 is 6.09 Å². The van der Waals surface area contributed by atoms with Crippen LogP contribution in [0.25, 0.3) is 0 Å². The van der Waals surface area contributed by atoms with E-state index in [1.165, 1.54) is 12.1 Å². The summed E-state index contributed by atoms with van der Waals surface area (Å²) in [5.41, 5.74) is -0.0517. The van der Waals surface area contributed by atoms with Crippen LogP contribution in [-0.2, 0) is 16.0 Å². The van der Waals surface area contributed by atoms with E-state index in [-0.39, 0.29) is 18.4 Å². The molecule has 0 bridgehead atoms. The number of ether oxygens (including phenoxy) is 1. The summed E-state index contributed by atoms with van der Waals surface area (Å²) in [7, 11) is 0. The molecule has 27 heavy (non-hydrogen) atoms. The van der Waals surface area contributed by atoms with E-state index in [4.69, 9.17) is 4.74 Å². The topological polar surface area (TPSA) is 87.7 Å². The third-order valence-electron chi connectivity index (χ3n) is 4.40. The van der Waals surface area contributed by atoms with Crippen molar-refractivity contribution in [2.45, 2.75) is 77.0 Å². The third kappa shape index (κ3) is 7.07. The molecule has 1 aliphatic carbocycles. The minimum atomic E-state index is -1.08. The van der Waals surface area contributed by atoms with Crippen LogP contribution in [0.4, 0.5) is 9.18 Å². The molecule has 0 heterocycles. The lowest BCUT2D eigenvalue weighted by molar-refractivity contribution is -0.130. The molecule has 0 spiro atoms. The van der Waals surface area contributed by atoms with E-state index in [1.807, 2.05) is 0 Å². The fourth-order valence-electron chi connectivity index (χ4n) is 3.09. The number of amides is 2. The molecule has 1 aliphatic rings. The number of rotatable bonds is 5. The van der Waals surface area contributed by atoms with Crippen molar-refractivity contribution in [1.29, 1.82) is 0 Å². The van der Waals surface area contributed by atoms with Crippen LogP contribution in [0.15, 0.2) is 18.2 Å². The van der Waals surface area contributed by atoms with Crippen molar-refractivity contribution in [2.24, 2.45) is 0 Å². The molecule has 0 aromatic heterocycles. The van der Waals surface area contributed by atoms with Crippen LogP contribution >= 0.6 is 0 Å². The molecule has 2 rings (SSSR count). The van der Waals surface area contributed by atoms with Crippen LogP contribution in [0, 0.1) is 5.82 Å². The van der Waals surface area contributed by atoms with Crippen LogP contribution in [0.3, 0.4) is 0 Å². The zero-order valence-electron chi connectivity index (χ0n) is 16.2. The molecule has 1 fully saturated rings. The Labute approximate surface area is 159 Å². The van der Waals surface area contributed by atoms with E-state index in [0.29, 0.717) is 5.56 Å². The second kappa shape index (κ2) is 9.06. The average molecular weight is 380 g/mol. The molecular formula is C20H29FN2O4. The fourth-order valence-corrected chi connectivity index (χ4v) is 3.09. The SMILES string of the molecule is CC(C)(C)NC(=O)O[C@@H](Cc1ccc(O)c(F)c1)C(=O)NC1CCCCC1. The van der Waals surface area contributed by atoms with E-state index in [2.05, 4.69) is 10.6 Å². The van der Waals surface area contributed by atoms with Gasteiger partial charge in [-0.1, -0.05) is 25.3 Å². The Balaban J connectivity index is 2.09. The van der Waals surface area contributed by atoms with Gasteiger partial charge in [-0.05, 0) is 51.3 Å². The first-order valence-electron chi connectivity index (χ1n) is 9.40. The first kappa shape index (κ1) is 21.0. The second-order valence-corrected chi connectivity index (χ2v) is 8.10. The van der Waals surface area contributed by atoms with Gasteiger partial charge < -0.3 is 20.5 Å². The Morgan fingerprint density at radius 2 is 1.93 bits per heavy atom. The van der Waals surface area contributed by atoms with Crippen molar-refractivity contribution in [1.82, 2.24) is 10.6 Å². The molecule has 150 valence electrons. The van der Waals surface area contributed by atoms with Gasteiger partial charge in [0, 0.05) is 18.0 Å². The summed E-state index contributed by atoms with van der Waals surface area (Å²) >= 11 is 0. The lowest BCUT2D eigenvalue weighted by Crippen LogP contribution is -2.48. The normalized spacial score (nSPS) is 16.4. The highest BCUT2D eigenvalue weighted by Crippen LogP contribution is 2.20. The van der Waals surface area contributed by atoms with Gasteiger partial charge in [0.25, 0.3) is 5.91 Å². The van der Waals surface area contributed by atoms with Gasteiger partial charge in [0.05, 0.1) is 0 Å². The minimum Gasteiger partial charge on any atom is -0.505 e. The molecule has 6 nitrogen and oxygen atoms in total. The number of halogens is 1. The highest BCUT2D eigenvalue weighted by molar-refractivity contribution is 5.84. The van der Waals surface area contributed by atoms with Crippen LogP contribution < -0.4 is 10.6 Å². The quantitative estimate of drug-likeness (QED) is 0.730. The van der Waals surface area contributed by atoms with Crippen LogP contribution in [-0.4, -0.2) is 34.8 Å². The number of alkyl carbamates (subject to hydrolysis) is 1. The Morgan fingerprint density at radius 1 is 1.26 bits per heavy atom. The van der Waals surface area contributed by atoms with Gasteiger partial charge in [-0.25, -0.2) is 9.18 Å². The number of hydrogen-bond donors (Lipinski definition) is 3. The number of phenols is 1. The highest BCUT2D eigenvalue weighted by atomic mass is 19.1. The summed E-state index contributed by atoms with van der Waals surface area (Å²) < 4.78 is 19.0. The first-order chi connectivity index (χ1) is 12.6. The molecule has 0 saturated heterocycles. The standard InChI is InChI=1S/C20H29FN2O4/c1-20(2,3)23-19(26)27-17(12-13-9-10-16(24)15(21)11-13)18(25)22-14-7-5-4-6-8-14/h9-11,14,17,24H,4-8,12H2,1-3H3,(H,22,25)(H,23,26)/t17-/m0/s1. The molecule has 0 radical (unpaired) electrons. The second-order valence-electron chi connectivity index (χ2n) is 8.10. The van der Waals surface area contributed by atoms with Gasteiger partial charge in [0.2, 0.25) is 0 Å². The van der Waals surface area contributed by atoms with Crippen LogP contribution in [0.5, 0.6) is 5.75 Å². The van der Waals surface area contributed by atoms with Crippen molar-refractivity contribution >= 4 is 12.0 Å². The van der Waals surface area contributed by atoms with Crippen molar-refractivity contribution < 1.29 is 23.8 Å². The molecular weight excluding hydrogens is 351 g/mol. The van der Waals surface area contributed by atoms with Gasteiger partial charge in [-0.15, -0.1) is 0 Å². The fraction of sp³-hybridized carbons (Fsp3) is 0.600. The maximum atomic E-state index is 13.6. The van der Waals surface area contributed by atoms with E-state index >= 15 is 0 Å². The highest BCUT2D eigenvalue weighted by Gasteiger charge is 2.28. The molecule has 1 saturated carbocycles. The Morgan fingerprint density at radius 3 is 2.52 bits per heavy atom. The number of aromatic hydroxyl groups is 1. The smallest absolute Gasteiger partial charge is 0.408 e. The summed E-state index contributed by atoms with van der Waals surface area (Å²) in [5, 5.41) is 14.9. The van der Waals surface area contributed by atoms with E-state index < -0.39 is 29.3 Å². The molecule has 0 aliphatic heterocycles. The van der Waals surface area contributed by atoms with Crippen LogP contribution in [0.1, 0.15) is 58.4 Å². The molecule has 2 amide bonds. The average Bonchev–Trinajstić information content (AvgIpc) is 2.57. The Kier molecular flexibility index (Phi) is 7.05. The van der Waals surface area contributed by atoms with Gasteiger partial charge in [-0.2, -0.15) is 0 Å². The number of benzene rings is 1. The van der Waals surface area contributed by atoms with Gasteiger partial charge in [0.15, 0.2) is 17.7 Å². The van der Waals surface area contributed by atoms with E-state index in [9.17, 15) is 19.1 Å². The van der Waals surface area contributed by atoms with Gasteiger partial charge in [0.1, 0.15) is 0 Å². The van der Waals surface area contributed by atoms with E-state index in [1.54, 1.807) is 20.8 Å². The lowest BCUT2D eigenvalue weighted by atomic mass is 9.95. The van der Waals surface area contributed by atoms with Crippen molar-refractivity contribution in [3.05, 3.63) is 29.6 Å². The summed E-state index contributed by atoms with van der Waals surface area (Å²) in [4.78, 5) is 24.9. The largest absolute Gasteiger partial charge is 0.505 e. The lowest BCUT2D eigenvalue weighted by Gasteiger charge is -2.27. The Hall–Kier alpha value is -2.31. The van der Waals surface area contributed by atoms with Crippen molar-refractivity contribution in [2.75, 3.05) is 0 Å². The maximum Gasteiger partial charge on any atom is 0.408 e. The number of carbonyl (C=O) groups is 2. The molecule has 3 N–H and O–H groups in total. The number of nitrogens with one attached hydrogen (secondary N) is 2. The van der Waals surface area contributed by atoms with Crippen molar-refractivity contribution in [3.8, 4) is 5.75 Å². The number of hydrogen-bond acceptors (Lipinski definition) is 4. The van der Waals surface area contributed by atoms with Crippen LogP contribution in [0.2, 0.25) is 0 Å². The Bertz CT molecular complexity index is 666. The third-order valence-corrected chi connectivity index (χ3v) is 4.40. The monoisotopic (exact) mass is 380 g/mol. The van der Waals surface area contributed by atoms with E-state index in [0.717, 1.165) is 38.2 Å². The molecule has 1 atom stereocenters. The van der Waals surface area contributed by atoms with Crippen molar-refractivity contribution in [3.63, 3.8) is 0 Å². The summed E-state index contributed by atoms with van der Waals surface area (Å²) in [6.07, 6.45) is 3.32. The summed E-state index contributed by atoms with van der Waals surface area (Å²) in [6, 6.07) is 3.93. The zero-order chi connectivity index (χ0) is 20.0. The number of carbonyl (C=O) groups excluding carboxylic acids is 2. The molecule has 1 aromatic carbocycles.